The summed E-state index contributed by atoms with van der Waals surface area (Å²) >= 11 is 1.78. The van der Waals surface area contributed by atoms with E-state index in [1.165, 1.54) is 32.7 Å². The summed E-state index contributed by atoms with van der Waals surface area (Å²) in [6.07, 6.45) is 3.72. The average molecular weight is 425 g/mol. The maximum Gasteiger partial charge on any atom is 0.0685 e. The molecule has 1 unspecified atom stereocenters. The molecule has 160 valence electrons. The number of thiophene rings is 1. The zero-order valence-electron chi connectivity index (χ0n) is 17.9. The highest BCUT2D eigenvalue weighted by atomic mass is 32.1. The van der Waals surface area contributed by atoms with Crippen LogP contribution >= 0.6 is 11.3 Å². The molecule has 0 saturated carbocycles. The van der Waals surface area contributed by atoms with E-state index in [0.717, 1.165) is 36.8 Å². The van der Waals surface area contributed by atoms with Gasteiger partial charge in [0.25, 0.3) is 0 Å². The molecule has 4 heteroatoms. The van der Waals surface area contributed by atoms with Gasteiger partial charge < -0.3 is 15.3 Å². The van der Waals surface area contributed by atoms with Crippen molar-refractivity contribution in [1.29, 1.82) is 0 Å². The van der Waals surface area contributed by atoms with Crippen molar-refractivity contribution in [1.82, 2.24) is 0 Å². The Morgan fingerprint density at radius 2 is 1.63 bits per heavy atom. The second kappa shape index (κ2) is 10.9. The number of aliphatic hydroxyl groups is 3. The number of hydrogen-bond acceptors (Lipinski definition) is 4. The van der Waals surface area contributed by atoms with Crippen molar-refractivity contribution in [3.63, 3.8) is 0 Å². The van der Waals surface area contributed by atoms with Gasteiger partial charge in [0.15, 0.2) is 0 Å². The van der Waals surface area contributed by atoms with Gasteiger partial charge in [-0.25, -0.2) is 0 Å². The Morgan fingerprint density at radius 1 is 0.867 bits per heavy atom. The minimum absolute atomic E-state index is 0.0405. The van der Waals surface area contributed by atoms with Crippen LogP contribution in [0, 0.1) is 6.92 Å². The fourth-order valence-corrected chi connectivity index (χ4v) is 5.09. The molecule has 0 bridgehead atoms. The molecule has 3 rings (SSSR count). The fraction of sp³-hybridized carbons (Fsp3) is 0.385. The van der Waals surface area contributed by atoms with Crippen molar-refractivity contribution in [2.45, 2.75) is 58.7 Å². The number of benzene rings is 2. The Morgan fingerprint density at radius 3 is 2.30 bits per heavy atom. The van der Waals surface area contributed by atoms with Crippen molar-refractivity contribution < 1.29 is 15.3 Å². The van der Waals surface area contributed by atoms with Crippen molar-refractivity contribution >= 4 is 11.3 Å². The topological polar surface area (TPSA) is 60.7 Å². The quantitative estimate of drug-likeness (QED) is 0.410. The van der Waals surface area contributed by atoms with Gasteiger partial charge in [-0.2, -0.15) is 0 Å². The molecule has 0 aliphatic carbocycles. The van der Waals surface area contributed by atoms with Gasteiger partial charge >= 0.3 is 0 Å². The number of aryl methyl sites for hydroxylation is 3. The molecule has 3 N–H and O–H groups in total. The van der Waals surface area contributed by atoms with Crippen LogP contribution in [-0.2, 0) is 26.1 Å². The Balaban J connectivity index is 1.70. The third-order valence-corrected chi connectivity index (χ3v) is 6.94. The highest BCUT2D eigenvalue weighted by molar-refractivity contribution is 7.13. The van der Waals surface area contributed by atoms with Gasteiger partial charge in [0, 0.05) is 11.5 Å². The van der Waals surface area contributed by atoms with Crippen LogP contribution in [0.4, 0.5) is 0 Å². The van der Waals surface area contributed by atoms with Crippen molar-refractivity contribution in [2.75, 3.05) is 6.61 Å². The molecular formula is C26H32O3S. The molecule has 0 aliphatic rings. The third kappa shape index (κ3) is 5.38. The second-order valence-corrected chi connectivity index (χ2v) is 8.84. The monoisotopic (exact) mass is 424 g/mol. The highest BCUT2D eigenvalue weighted by Crippen LogP contribution is 2.33. The van der Waals surface area contributed by atoms with Crippen LogP contribution in [0.25, 0.3) is 10.4 Å². The maximum atomic E-state index is 9.49. The average Bonchev–Trinajstić information content (AvgIpc) is 3.24. The van der Waals surface area contributed by atoms with E-state index in [2.05, 4.69) is 43.5 Å². The van der Waals surface area contributed by atoms with Crippen LogP contribution in [0.3, 0.4) is 0 Å². The van der Waals surface area contributed by atoms with E-state index in [4.69, 9.17) is 0 Å². The lowest BCUT2D eigenvalue weighted by Crippen LogP contribution is -2.01. The van der Waals surface area contributed by atoms with E-state index in [1.807, 2.05) is 18.2 Å². The third-order valence-electron chi connectivity index (χ3n) is 5.93. The summed E-state index contributed by atoms with van der Waals surface area (Å²) in [5, 5.41) is 30.4. The van der Waals surface area contributed by atoms with Gasteiger partial charge in [0.1, 0.15) is 0 Å². The molecule has 0 spiro atoms. The lowest BCUT2D eigenvalue weighted by Gasteiger charge is -2.16. The molecule has 0 radical (unpaired) electrons. The van der Waals surface area contributed by atoms with Gasteiger partial charge in [-0.05, 0) is 88.9 Å². The maximum absolute atomic E-state index is 9.49. The summed E-state index contributed by atoms with van der Waals surface area (Å²) in [5.41, 5.74) is 7.98. The molecule has 1 atom stereocenters. The molecular weight excluding hydrogens is 392 g/mol. The van der Waals surface area contributed by atoms with Gasteiger partial charge in [0.05, 0.1) is 13.2 Å². The summed E-state index contributed by atoms with van der Waals surface area (Å²) in [4.78, 5) is 1.29. The van der Waals surface area contributed by atoms with Crippen molar-refractivity contribution in [2.24, 2.45) is 0 Å². The van der Waals surface area contributed by atoms with Crippen molar-refractivity contribution in [3.05, 3.63) is 81.2 Å². The molecule has 0 amide bonds. The minimum atomic E-state index is -0.0429. The Bertz CT molecular complexity index is 961. The van der Waals surface area contributed by atoms with Crippen molar-refractivity contribution in [3.8, 4) is 10.4 Å². The van der Waals surface area contributed by atoms with Gasteiger partial charge in [-0.3, -0.25) is 0 Å². The molecule has 0 saturated heterocycles. The predicted octanol–water partition coefficient (Wildman–Crippen LogP) is 5.37. The first-order valence-electron chi connectivity index (χ1n) is 10.7. The first kappa shape index (κ1) is 22.7. The fourth-order valence-electron chi connectivity index (χ4n) is 4.05. The molecule has 2 aromatic carbocycles. The van der Waals surface area contributed by atoms with E-state index in [-0.39, 0.29) is 19.8 Å². The SMILES string of the molecule is CCC(CCO)c1ccc(-c2cc(CCc3ccc(CO)c(CO)c3)cs2)c(C)c1. The molecule has 0 fully saturated rings. The van der Waals surface area contributed by atoms with Gasteiger partial charge in [0.2, 0.25) is 0 Å². The molecule has 3 nitrogen and oxygen atoms in total. The first-order chi connectivity index (χ1) is 14.6. The minimum Gasteiger partial charge on any atom is -0.396 e. The summed E-state index contributed by atoms with van der Waals surface area (Å²) in [6.45, 7) is 4.50. The molecule has 3 aromatic rings. The van der Waals surface area contributed by atoms with E-state index in [1.54, 1.807) is 11.3 Å². The van der Waals surface area contributed by atoms with Crippen LogP contribution in [0.5, 0.6) is 0 Å². The first-order valence-corrected chi connectivity index (χ1v) is 11.6. The van der Waals surface area contributed by atoms with Crippen LogP contribution in [-0.4, -0.2) is 21.9 Å². The summed E-state index contributed by atoms with van der Waals surface area (Å²) in [7, 11) is 0. The zero-order valence-corrected chi connectivity index (χ0v) is 18.7. The normalized spacial score (nSPS) is 12.3. The largest absolute Gasteiger partial charge is 0.396 e. The van der Waals surface area contributed by atoms with Crippen LogP contribution < -0.4 is 0 Å². The molecule has 30 heavy (non-hydrogen) atoms. The smallest absolute Gasteiger partial charge is 0.0685 e. The number of aliphatic hydroxyl groups excluding tert-OH is 3. The summed E-state index contributed by atoms with van der Waals surface area (Å²) in [5.74, 6) is 0.419. The number of rotatable bonds is 10. The standard InChI is InChI=1S/C26H32O3S/c1-3-21(10-11-27)22-8-9-25(18(2)12-22)26-14-20(17-30-26)5-4-19-6-7-23(15-28)24(13-19)16-29/h6-9,12-14,17,21,27-29H,3-5,10-11,15-16H2,1-2H3. The predicted molar refractivity (Wildman–Crippen MR) is 125 cm³/mol. The van der Waals surface area contributed by atoms with E-state index < -0.39 is 0 Å². The second-order valence-electron chi connectivity index (χ2n) is 7.93. The lowest BCUT2D eigenvalue weighted by molar-refractivity contribution is 0.260. The van der Waals surface area contributed by atoms with E-state index >= 15 is 0 Å². The summed E-state index contributed by atoms with van der Waals surface area (Å²) < 4.78 is 0. The summed E-state index contributed by atoms with van der Waals surface area (Å²) in [6, 6.07) is 14.9. The van der Waals surface area contributed by atoms with Crippen LogP contribution in [0.15, 0.2) is 47.8 Å². The van der Waals surface area contributed by atoms with Crippen LogP contribution in [0.2, 0.25) is 0 Å². The van der Waals surface area contributed by atoms with E-state index in [9.17, 15) is 15.3 Å². The van der Waals surface area contributed by atoms with E-state index in [0.29, 0.717) is 5.92 Å². The Kier molecular flexibility index (Phi) is 8.23. The molecule has 1 heterocycles. The lowest BCUT2D eigenvalue weighted by atomic mass is 9.91. The molecule has 1 aromatic heterocycles. The molecule has 0 aliphatic heterocycles. The number of hydrogen-bond donors (Lipinski definition) is 3. The zero-order chi connectivity index (χ0) is 21.5. The Labute approximate surface area is 183 Å². The van der Waals surface area contributed by atoms with Crippen LogP contribution in [0.1, 0.15) is 59.1 Å². The highest BCUT2D eigenvalue weighted by Gasteiger charge is 2.12. The van der Waals surface area contributed by atoms with Gasteiger partial charge in [-0.15, -0.1) is 11.3 Å². The Hall–Kier alpha value is -1.98. The van der Waals surface area contributed by atoms with Gasteiger partial charge in [-0.1, -0.05) is 43.3 Å².